The quantitative estimate of drug-likeness (QED) is 0.682. The highest BCUT2D eigenvalue weighted by Gasteiger charge is 2.36. The minimum atomic E-state index is -0.578. The number of nitrogens with one attached hydrogen (secondary N) is 1. The molecular weight excluding hydrogens is 366 g/mol. The number of aromatic nitrogens is 2. The highest BCUT2D eigenvalue weighted by Crippen LogP contribution is 2.39. The summed E-state index contributed by atoms with van der Waals surface area (Å²) in [5.41, 5.74) is 5.12. The first kappa shape index (κ1) is 18.9. The fourth-order valence-corrected chi connectivity index (χ4v) is 3.97. The molecule has 0 saturated heterocycles. The van der Waals surface area contributed by atoms with E-state index in [0.717, 1.165) is 28.1 Å². The lowest BCUT2D eigenvalue weighted by Gasteiger charge is -2.23. The Balaban J connectivity index is 1.82. The Kier molecular flexibility index (Phi) is 4.70. The zero-order valence-electron chi connectivity index (χ0n) is 16.9. The molecule has 1 unspecified atom stereocenters. The summed E-state index contributed by atoms with van der Waals surface area (Å²) in [6.45, 7) is 5.92. The van der Waals surface area contributed by atoms with Crippen molar-refractivity contribution in [1.29, 1.82) is 0 Å². The lowest BCUT2D eigenvalue weighted by molar-refractivity contribution is -0.116. The average Bonchev–Trinajstić information content (AvgIpc) is 3.03. The number of anilines is 1. The van der Waals surface area contributed by atoms with Gasteiger partial charge in [0.05, 0.1) is 24.4 Å². The maximum absolute atomic E-state index is 13.3. The highest BCUT2D eigenvalue weighted by molar-refractivity contribution is 6.08. The second kappa shape index (κ2) is 7.20. The molecular formula is C23H23N3O3. The molecule has 1 N–H and O–H groups in total. The molecule has 4 rings (SSSR count). The molecule has 0 aliphatic carbocycles. The molecule has 0 fully saturated rings. The number of carbonyl (C=O) groups excluding carboxylic acids is 2. The lowest BCUT2D eigenvalue weighted by atomic mass is 9.85. The van der Waals surface area contributed by atoms with Crippen LogP contribution >= 0.6 is 0 Å². The fraction of sp³-hybridized carbons (Fsp3) is 0.261. The van der Waals surface area contributed by atoms with Gasteiger partial charge in [0.2, 0.25) is 5.91 Å². The van der Waals surface area contributed by atoms with Gasteiger partial charge in [-0.2, -0.15) is 5.10 Å². The van der Waals surface area contributed by atoms with Gasteiger partial charge in [-0.05, 0) is 44.5 Å². The first-order chi connectivity index (χ1) is 13.9. The number of hydrogen-bond donors (Lipinski definition) is 1. The molecule has 0 radical (unpaired) electrons. The predicted molar refractivity (Wildman–Crippen MR) is 111 cm³/mol. The van der Waals surface area contributed by atoms with Crippen LogP contribution in [0.3, 0.4) is 0 Å². The van der Waals surface area contributed by atoms with Gasteiger partial charge in [0.15, 0.2) is 5.78 Å². The van der Waals surface area contributed by atoms with Gasteiger partial charge in [0.1, 0.15) is 11.6 Å². The van der Waals surface area contributed by atoms with Crippen molar-refractivity contribution in [3.63, 3.8) is 0 Å². The van der Waals surface area contributed by atoms with Crippen molar-refractivity contribution in [3.8, 4) is 11.4 Å². The summed E-state index contributed by atoms with van der Waals surface area (Å²) in [5.74, 6) is 0.310. The molecule has 0 bridgehead atoms. The Hall–Kier alpha value is -3.41. The molecule has 2 heterocycles. The molecule has 6 nitrogen and oxygen atoms in total. The van der Waals surface area contributed by atoms with E-state index in [0.29, 0.717) is 17.1 Å². The Labute approximate surface area is 169 Å². The smallest absolute Gasteiger partial charge is 0.226 e. The number of methoxy groups -OCH3 is 1. The molecule has 1 atom stereocenters. The van der Waals surface area contributed by atoms with E-state index < -0.39 is 5.92 Å². The molecule has 1 aromatic heterocycles. The van der Waals surface area contributed by atoms with Crippen LogP contribution in [-0.4, -0.2) is 28.6 Å². The number of benzene rings is 2. The van der Waals surface area contributed by atoms with Crippen molar-refractivity contribution < 1.29 is 14.3 Å². The number of ether oxygens (including phenoxy) is 1. The summed E-state index contributed by atoms with van der Waals surface area (Å²) in [5, 5.41) is 7.61. The maximum atomic E-state index is 13.3. The third-order valence-corrected chi connectivity index (χ3v) is 5.35. The van der Waals surface area contributed by atoms with Gasteiger partial charge in [-0.1, -0.05) is 29.8 Å². The largest absolute Gasteiger partial charge is 0.497 e. The number of fused-ring (bicyclic) bond motifs is 1. The second-order valence-corrected chi connectivity index (χ2v) is 7.45. The predicted octanol–water partition coefficient (Wildman–Crippen LogP) is 4.11. The highest BCUT2D eigenvalue weighted by atomic mass is 16.5. The summed E-state index contributed by atoms with van der Waals surface area (Å²) in [4.78, 5) is 25.8. The summed E-state index contributed by atoms with van der Waals surface area (Å²) >= 11 is 0. The minimum absolute atomic E-state index is 0.0997. The van der Waals surface area contributed by atoms with Crippen LogP contribution in [0.25, 0.3) is 5.69 Å². The molecule has 3 aromatic rings. The Bertz CT molecular complexity index is 1130. The van der Waals surface area contributed by atoms with Crippen LogP contribution in [0.5, 0.6) is 5.75 Å². The number of aryl methyl sites for hydroxylation is 3. The van der Waals surface area contributed by atoms with Crippen molar-refractivity contribution in [1.82, 2.24) is 9.78 Å². The number of ketones is 1. The van der Waals surface area contributed by atoms with Gasteiger partial charge >= 0.3 is 0 Å². The molecule has 6 heteroatoms. The van der Waals surface area contributed by atoms with E-state index in [1.807, 2.05) is 32.9 Å². The minimum Gasteiger partial charge on any atom is -0.497 e. The number of amides is 1. The third kappa shape index (κ3) is 3.31. The number of Topliss-reactive ketones (excluding diaryl/α,β-unsaturated/α-hetero) is 1. The van der Waals surface area contributed by atoms with Crippen LogP contribution < -0.4 is 10.1 Å². The summed E-state index contributed by atoms with van der Waals surface area (Å²) in [6, 6.07) is 13.1. The van der Waals surface area contributed by atoms with Crippen molar-refractivity contribution in [2.24, 2.45) is 0 Å². The van der Waals surface area contributed by atoms with E-state index in [4.69, 9.17) is 4.74 Å². The van der Waals surface area contributed by atoms with Crippen LogP contribution in [0.4, 0.5) is 5.82 Å². The van der Waals surface area contributed by atoms with Crippen LogP contribution in [0.2, 0.25) is 0 Å². The normalized spacial score (nSPS) is 15.6. The standard InChI is InChI=1S/C23H23N3O3/c1-13-8-9-19(14(2)10-13)26-23-21(15(3)25-26)18(12-20(27)24-23)22(28)16-6-5-7-17(11-16)29-4/h5-11,18H,12H2,1-4H3,(H,24,27). The van der Waals surface area contributed by atoms with Crippen molar-refractivity contribution in [2.75, 3.05) is 12.4 Å². The fourth-order valence-electron chi connectivity index (χ4n) is 3.97. The van der Waals surface area contributed by atoms with Gasteiger partial charge in [-0.15, -0.1) is 0 Å². The van der Waals surface area contributed by atoms with Crippen LogP contribution in [0.1, 0.15) is 45.1 Å². The number of carbonyl (C=O) groups is 2. The van der Waals surface area contributed by atoms with Crippen LogP contribution in [-0.2, 0) is 4.79 Å². The lowest BCUT2D eigenvalue weighted by Crippen LogP contribution is -2.28. The molecule has 29 heavy (non-hydrogen) atoms. The molecule has 0 spiro atoms. The Morgan fingerprint density at radius 2 is 1.97 bits per heavy atom. The first-order valence-corrected chi connectivity index (χ1v) is 9.54. The van der Waals surface area contributed by atoms with E-state index in [1.165, 1.54) is 0 Å². The first-order valence-electron chi connectivity index (χ1n) is 9.54. The second-order valence-electron chi connectivity index (χ2n) is 7.45. The van der Waals surface area contributed by atoms with Crippen molar-refractivity contribution in [2.45, 2.75) is 33.1 Å². The molecule has 148 valence electrons. The van der Waals surface area contributed by atoms with Gasteiger partial charge < -0.3 is 10.1 Å². The van der Waals surface area contributed by atoms with E-state index in [1.54, 1.807) is 36.1 Å². The van der Waals surface area contributed by atoms with E-state index >= 15 is 0 Å². The van der Waals surface area contributed by atoms with Crippen molar-refractivity contribution >= 4 is 17.5 Å². The molecule has 1 aliphatic rings. The summed E-state index contributed by atoms with van der Waals surface area (Å²) < 4.78 is 6.98. The number of nitrogens with zero attached hydrogens (tertiary/aromatic N) is 2. The SMILES string of the molecule is COc1cccc(C(=O)C2CC(=O)Nc3c2c(C)nn3-c2ccc(C)cc2C)c1. The van der Waals surface area contributed by atoms with Crippen molar-refractivity contribution in [3.05, 3.63) is 70.4 Å². The average molecular weight is 389 g/mol. The Morgan fingerprint density at radius 3 is 2.69 bits per heavy atom. The third-order valence-electron chi connectivity index (χ3n) is 5.35. The molecule has 1 amide bonds. The number of rotatable bonds is 4. The van der Waals surface area contributed by atoms with Crippen LogP contribution in [0, 0.1) is 20.8 Å². The van der Waals surface area contributed by atoms with E-state index in [9.17, 15) is 9.59 Å². The molecule has 1 aliphatic heterocycles. The molecule has 0 saturated carbocycles. The van der Waals surface area contributed by atoms with E-state index in [2.05, 4.69) is 16.5 Å². The zero-order valence-corrected chi connectivity index (χ0v) is 16.9. The number of hydrogen-bond acceptors (Lipinski definition) is 4. The van der Waals surface area contributed by atoms with Gasteiger partial charge in [0, 0.05) is 17.5 Å². The topological polar surface area (TPSA) is 73.2 Å². The summed E-state index contributed by atoms with van der Waals surface area (Å²) in [7, 11) is 1.56. The summed E-state index contributed by atoms with van der Waals surface area (Å²) in [6.07, 6.45) is 0.0997. The maximum Gasteiger partial charge on any atom is 0.226 e. The molecule has 2 aromatic carbocycles. The monoisotopic (exact) mass is 389 g/mol. The Morgan fingerprint density at radius 1 is 1.17 bits per heavy atom. The van der Waals surface area contributed by atoms with Crippen LogP contribution in [0.15, 0.2) is 42.5 Å². The van der Waals surface area contributed by atoms with E-state index in [-0.39, 0.29) is 18.1 Å². The zero-order chi connectivity index (χ0) is 20.7. The van der Waals surface area contributed by atoms with Gasteiger partial charge in [-0.3, -0.25) is 9.59 Å². The van der Waals surface area contributed by atoms with Gasteiger partial charge in [0.25, 0.3) is 0 Å². The van der Waals surface area contributed by atoms with Gasteiger partial charge in [-0.25, -0.2) is 4.68 Å².